The Bertz CT molecular complexity index is 2510. The minimum Gasteiger partial charge on any atom is -0.463 e. The van der Waals surface area contributed by atoms with Crippen LogP contribution in [0.15, 0.2) is 194 Å². The molecule has 0 aliphatic rings. The second-order valence-corrected chi connectivity index (χ2v) is 25.1. The van der Waals surface area contributed by atoms with Gasteiger partial charge in [-0.25, -0.2) is 9.13 Å². The molecule has 0 aliphatic heterocycles. The monoisotopic (exact) mass is 1360 g/mol. The quantitative estimate of drug-likeness (QED) is 0.0146. The molecule has 0 aliphatic carbocycles. The number of phosphoric ester groups is 2. The standard InChI is InChI=1S/C77H120O16P2/c1-4-7-10-13-16-19-22-25-28-31-33-35-37-40-42-45-48-51-54-57-60-63-75(80)87-66-72(78)67-89-94(83,84)90-68-73(79)69-91-95(85,86)92-71-74(93-77(82)65-62-59-56-53-50-47-44-39-30-27-24-21-18-15-12-9-6-3)70-88-76(81)64-61-58-55-52-49-46-43-41-38-36-34-32-29-26-23-20-17-14-11-8-5-2/h7-12,16-21,25-30,33-36,40-44,47-49,51-52,72-74,78-79H,4-6,13-15,22-24,31-32,37-39,45-46,50,53-71H2,1-3H3,(H,83,84)(H,85,86)/b10-7-,11-8-,12-9-,19-16-,20-17-,21-18-,28-25-,29-26-,30-27-,35-33-,36-34-,42-40-,43-41-,47-44-,51-48-,52-49-. The van der Waals surface area contributed by atoms with Crippen molar-refractivity contribution in [3.8, 4) is 0 Å². The molecule has 0 saturated carbocycles. The summed E-state index contributed by atoms with van der Waals surface area (Å²) in [6, 6.07) is 0. The molecule has 0 rings (SSSR count). The molecular formula is C77H120O16P2. The van der Waals surface area contributed by atoms with E-state index in [4.69, 9.17) is 32.3 Å². The van der Waals surface area contributed by atoms with Crippen molar-refractivity contribution in [3.63, 3.8) is 0 Å². The molecule has 0 heterocycles. The van der Waals surface area contributed by atoms with Crippen LogP contribution in [0.5, 0.6) is 0 Å². The molecule has 534 valence electrons. The Morgan fingerprint density at radius 1 is 0.295 bits per heavy atom. The molecule has 0 amide bonds. The predicted octanol–water partition coefficient (Wildman–Crippen LogP) is 19.6. The lowest BCUT2D eigenvalue weighted by Gasteiger charge is -2.21. The number of ether oxygens (including phenoxy) is 3. The molecule has 18 heteroatoms. The lowest BCUT2D eigenvalue weighted by Crippen LogP contribution is -2.30. The normalized spacial score (nSPS) is 15.3. The third-order valence-corrected chi connectivity index (χ3v) is 15.2. The number of aliphatic hydroxyl groups is 2. The van der Waals surface area contributed by atoms with E-state index in [1.165, 1.54) is 0 Å². The molecule has 0 aromatic heterocycles. The molecule has 0 spiro atoms. The van der Waals surface area contributed by atoms with Gasteiger partial charge in [0, 0.05) is 19.3 Å². The van der Waals surface area contributed by atoms with Gasteiger partial charge in [0.05, 0.1) is 26.4 Å². The Morgan fingerprint density at radius 3 is 0.842 bits per heavy atom. The zero-order chi connectivity index (χ0) is 69.5. The van der Waals surface area contributed by atoms with E-state index in [2.05, 4.69) is 215 Å². The first-order valence-electron chi connectivity index (χ1n) is 34.7. The van der Waals surface area contributed by atoms with Crippen molar-refractivity contribution in [1.82, 2.24) is 0 Å². The third-order valence-electron chi connectivity index (χ3n) is 13.3. The summed E-state index contributed by atoms with van der Waals surface area (Å²) in [7, 11) is -9.84. The number of rotatable bonds is 63. The van der Waals surface area contributed by atoms with Crippen LogP contribution < -0.4 is 0 Å². The van der Waals surface area contributed by atoms with Crippen LogP contribution in [0.25, 0.3) is 0 Å². The van der Waals surface area contributed by atoms with Crippen molar-refractivity contribution in [2.24, 2.45) is 0 Å². The molecule has 5 unspecified atom stereocenters. The highest BCUT2D eigenvalue weighted by Crippen LogP contribution is 2.45. The van der Waals surface area contributed by atoms with Crippen LogP contribution in [0, 0.1) is 0 Å². The van der Waals surface area contributed by atoms with Gasteiger partial charge in [-0.2, -0.15) is 0 Å². The number of esters is 3. The van der Waals surface area contributed by atoms with E-state index >= 15 is 0 Å². The van der Waals surface area contributed by atoms with E-state index in [0.717, 1.165) is 154 Å². The number of hydrogen-bond acceptors (Lipinski definition) is 14. The van der Waals surface area contributed by atoms with Crippen LogP contribution in [0.2, 0.25) is 0 Å². The topological polar surface area (TPSA) is 231 Å². The van der Waals surface area contributed by atoms with Crippen LogP contribution in [0.1, 0.15) is 213 Å². The minimum atomic E-state index is -4.96. The number of carbonyl (C=O) groups excluding carboxylic acids is 3. The highest BCUT2D eigenvalue weighted by atomic mass is 31.2. The lowest BCUT2D eigenvalue weighted by atomic mass is 10.1. The summed E-state index contributed by atoms with van der Waals surface area (Å²) in [5.41, 5.74) is 0. The number of phosphoric acid groups is 2. The predicted molar refractivity (Wildman–Crippen MR) is 389 cm³/mol. The highest BCUT2D eigenvalue weighted by molar-refractivity contribution is 7.47. The first-order valence-corrected chi connectivity index (χ1v) is 37.7. The maximum Gasteiger partial charge on any atom is 0.472 e. The lowest BCUT2D eigenvalue weighted by molar-refractivity contribution is -0.161. The van der Waals surface area contributed by atoms with Gasteiger partial charge in [-0.1, -0.05) is 228 Å². The van der Waals surface area contributed by atoms with E-state index < -0.39 is 91.5 Å². The molecular weight excluding hydrogens is 1240 g/mol. The molecule has 95 heavy (non-hydrogen) atoms. The van der Waals surface area contributed by atoms with E-state index in [1.807, 2.05) is 0 Å². The second kappa shape index (κ2) is 68.3. The van der Waals surface area contributed by atoms with Crippen molar-refractivity contribution < 1.29 is 75.8 Å². The molecule has 0 aromatic rings. The van der Waals surface area contributed by atoms with Gasteiger partial charge in [0.1, 0.15) is 25.4 Å². The average molecular weight is 1360 g/mol. The number of aliphatic hydroxyl groups excluding tert-OH is 2. The molecule has 0 bridgehead atoms. The summed E-state index contributed by atoms with van der Waals surface area (Å²) in [6.45, 7) is 2.14. The van der Waals surface area contributed by atoms with Gasteiger partial charge >= 0.3 is 33.6 Å². The first-order chi connectivity index (χ1) is 46.2. The smallest absolute Gasteiger partial charge is 0.463 e. The van der Waals surface area contributed by atoms with Crippen molar-refractivity contribution in [1.29, 1.82) is 0 Å². The fraction of sp³-hybridized carbons (Fsp3) is 0.545. The number of unbranched alkanes of at least 4 members (excludes halogenated alkanes) is 8. The second-order valence-electron chi connectivity index (χ2n) is 22.2. The van der Waals surface area contributed by atoms with Gasteiger partial charge in [-0.3, -0.25) is 32.5 Å². The van der Waals surface area contributed by atoms with Crippen LogP contribution in [0.4, 0.5) is 0 Å². The molecule has 0 radical (unpaired) electrons. The van der Waals surface area contributed by atoms with Gasteiger partial charge in [0.25, 0.3) is 0 Å². The molecule has 0 aromatic carbocycles. The highest BCUT2D eigenvalue weighted by Gasteiger charge is 2.29. The zero-order valence-corrected chi connectivity index (χ0v) is 59.5. The van der Waals surface area contributed by atoms with Crippen molar-refractivity contribution in [3.05, 3.63) is 194 Å². The largest absolute Gasteiger partial charge is 0.472 e. The van der Waals surface area contributed by atoms with E-state index in [9.17, 15) is 43.5 Å². The van der Waals surface area contributed by atoms with Crippen molar-refractivity contribution in [2.75, 3.05) is 39.6 Å². The summed E-state index contributed by atoms with van der Waals surface area (Å²) in [5.74, 6) is -1.72. The molecule has 4 N–H and O–H groups in total. The molecule has 5 atom stereocenters. The summed E-state index contributed by atoms with van der Waals surface area (Å²) >= 11 is 0. The Kier molecular flexibility index (Phi) is 64.3. The Labute approximate surface area is 572 Å². The van der Waals surface area contributed by atoms with Crippen LogP contribution in [-0.2, 0) is 55.8 Å². The molecule has 0 fully saturated rings. The van der Waals surface area contributed by atoms with Gasteiger partial charge in [0.2, 0.25) is 0 Å². The third kappa shape index (κ3) is 69.6. The number of hydrogen-bond donors (Lipinski definition) is 4. The summed E-state index contributed by atoms with van der Waals surface area (Å²) in [5, 5.41) is 20.6. The fourth-order valence-corrected chi connectivity index (χ4v) is 9.68. The van der Waals surface area contributed by atoms with Gasteiger partial charge < -0.3 is 34.2 Å². The Hall–Kier alpha value is -5.61. The summed E-state index contributed by atoms with van der Waals surface area (Å²) in [4.78, 5) is 58.4. The van der Waals surface area contributed by atoms with Gasteiger partial charge in [-0.05, 0) is 161 Å². The summed E-state index contributed by atoms with van der Waals surface area (Å²) < 4.78 is 60.8. The Morgan fingerprint density at radius 2 is 0.526 bits per heavy atom. The van der Waals surface area contributed by atoms with E-state index in [1.54, 1.807) is 0 Å². The van der Waals surface area contributed by atoms with Crippen LogP contribution >= 0.6 is 15.6 Å². The fourth-order valence-electron chi connectivity index (χ4n) is 8.09. The molecule has 0 saturated heterocycles. The van der Waals surface area contributed by atoms with Gasteiger partial charge in [-0.15, -0.1) is 0 Å². The Balaban J connectivity index is 4.84. The molecule has 16 nitrogen and oxygen atoms in total. The first kappa shape index (κ1) is 89.4. The van der Waals surface area contributed by atoms with E-state index in [-0.39, 0.29) is 19.3 Å². The zero-order valence-electron chi connectivity index (χ0n) is 57.7. The van der Waals surface area contributed by atoms with E-state index in [0.29, 0.717) is 19.3 Å². The SMILES string of the molecule is CC/C=C\C/C=C\C/C=C\C/C=C\C/C=C\C/C=C\CCCCC(=O)OCC(O)COP(=O)(O)OCC(O)COP(=O)(O)OCC(COC(=O)CCCC/C=C\C/C=C\C/C=C\C/C=C\C/C=C\C/C=C\CC)OC(=O)CCCCCC/C=C\C/C=C\C/C=C\C/C=C\CC. The number of allylic oxidation sites excluding steroid dienone is 32. The number of carbonyl (C=O) groups is 3. The van der Waals surface area contributed by atoms with Gasteiger partial charge in [0.15, 0.2) is 6.10 Å². The summed E-state index contributed by atoms with van der Waals surface area (Å²) in [6.07, 6.45) is 87.7. The van der Waals surface area contributed by atoms with Crippen molar-refractivity contribution >= 4 is 33.6 Å². The maximum absolute atomic E-state index is 12.9. The van der Waals surface area contributed by atoms with Crippen molar-refractivity contribution in [2.45, 2.75) is 232 Å². The average Bonchev–Trinajstić information content (AvgIpc) is 1.99. The van der Waals surface area contributed by atoms with Crippen LogP contribution in [-0.4, -0.2) is 95.9 Å². The minimum absolute atomic E-state index is 0.0562. The van der Waals surface area contributed by atoms with Crippen LogP contribution in [0.3, 0.4) is 0 Å². The maximum atomic E-state index is 12.9.